The van der Waals surface area contributed by atoms with E-state index in [0.29, 0.717) is 18.1 Å². The summed E-state index contributed by atoms with van der Waals surface area (Å²) in [5, 5.41) is 9.07. The van der Waals surface area contributed by atoms with Crippen LogP contribution in [0, 0.1) is 17.1 Å². The Balaban J connectivity index is 1.56. The summed E-state index contributed by atoms with van der Waals surface area (Å²) >= 11 is 0. The molecule has 3 heterocycles. The summed E-state index contributed by atoms with van der Waals surface area (Å²) in [5.41, 5.74) is 10.9. The first-order chi connectivity index (χ1) is 14.2. The van der Waals surface area contributed by atoms with Crippen molar-refractivity contribution in [3.05, 3.63) is 53.3 Å². The lowest BCUT2D eigenvalue weighted by Gasteiger charge is -2.29. The van der Waals surface area contributed by atoms with Crippen LogP contribution in [0.4, 0.5) is 10.1 Å². The van der Waals surface area contributed by atoms with Crippen molar-refractivity contribution in [2.75, 3.05) is 18.0 Å². The zero-order valence-corrected chi connectivity index (χ0v) is 16.6. The molecule has 4 nitrogen and oxygen atoms in total. The van der Waals surface area contributed by atoms with Gasteiger partial charge in [-0.3, -0.25) is 4.90 Å². The second-order valence-corrected chi connectivity index (χ2v) is 8.68. The lowest BCUT2D eigenvalue weighted by atomic mass is 9.96. The van der Waals surface area contributed by atoms with Crippen LogP contribution in [0.2, 0.25) is 0 Å². The molecule has 3 saturated heterocycles. The molecule has 2 bridgehead atoms. The quantitative estimate of drug-likeness (QED) is 0.856. The SMILES string of the molecule is N#Cc1ccc(-c2cccc(CN3[C@@H]4CC[C@H]3[C@@H](N)C4)c2N2CCCC2)cc1F. The molecular formula is C24H27FN4. The Kier molecular flexibility index (Phi) is 4.77. The van der Waals surface area contributed by atoms with Gasteiger partial charge in [-0.05, 0) is 55.4 Å². The average molecular weight is 391 g/mol. The summed E-state index contributed by atoms with van der Waals surface area (Å²) in [6.07, 6.45) is 5.93. The number of benzene rings is 2. The molecule has 2 aromatic carbocycles. The van der Waals surface area contributed by atoms with Gasteiger partial charge in [0.25, 0.3) is 0 Å². The third-order valence-electron chi connectivity index (χ3n) is 7.02. The highest BCUT2D eigenvalue weighted by molar-refractivity contribution is 5.81. The predicted molar refractivity (Wildman–Crippen MR) is 113 cm³/mol. The first-order valence-electron chi connectivity index (χ1n) is 10.7. The van der Waals surface area contributed by atoms with Crippen molar-refractivity contribution in [1.29, 1.82) is 5.26 Å². The molecule has 0 radical (unpaired) electrons. The molecule has 2 aromatic rings. The molecule has 0 spiro atoms. The summed E-state index contributed by atoms with van der Waals surface area (Å²) < 4.78 is 14.4. The van der Waals surface area contributed by atoms with Crippen molar-refractivity contribution in [1.82, 2.24) is 4.90 Å². The van der Waals surface area contributed by atoms with Crippen molar-refractivity contribution in [3.63, 3.8) is 0 Å². The molecule has 5 heteroatoms. The zero-order chi connectivity index (χ0) is 20.0. The molecule has 29 heavy (non-hydrogen) atoms. The van der Waals surface area contributed by atoms with Gasteiger partial charge >= 0.3 is 0 Å². The number of halogens is 1. The van der Waals surface area contributed by atoms with Gasteiger partial charge in [-0.15, -0.1) is 0 Å². The van der Waals surface area contributed by atoms with Gasteiger partial charge in [0.2, 0.25) is 0 Å². The highest BCUT2D eigenvalue weighted by Crippen LogP contribution is 2.42. The predicted octanol–water partition coefficient (Wildman–Crippen LogP) is 4.03. The molecule has 3 atom stereocenters. The second kappa shape index (κ2) is 7.44. The fourth-order valence-electron chi connectivity index (χ4n) is 5.63. The van der Waals surface area contributed by atoms with Crippen LogP contribution in [0.5, 0.6) is 0 Å². The van der Waals surface area contributed by atoms with Crippen LogP contribution < -0.4 is 10.6 Å². The molecule has 0 saturated carbocycles. The van der Waals surface area contributed by atoms with E-state index in [1.807, 2.05) is 12.1 Å². The fraction of sp³-hybridized carbons (Fsp3) is 0.458. The minimum atomic E-state index is -0.452. The third-order valence-corrected chi connectivity index (χ3v) is 7.02. The summed E-state index contributed by atoms with van der Waals surface area (Å²) in [6, 6.07) is 14.7. The maximum Gasteiger partial charge on any atom is 0.141 e. The molecule has 5 rings (SSSR count). The van der Waals surface area contributed by atoms with Crippen LogP contribution in [0.15, 0.2) is 36.4 Å². The molecule has 0 unspecified atom stereocenters. The van der Waals surface area contributed by atoms with Gasteiger partial charge in [0, 0.05) is 49.0 Å². The molecule has 3 aliphatic rings. The third kappa shape index (κ3) is 3.21. The van der Waals surface area contributed by atoms with Gasteiger partial charge in [0.05, 0.1) is 5.56 Å². The lowest BCUT2D eigenvalue weighted by Crippen LogP contribution is -2.36. The Morgan fingerprint density at radius 3 is 2.62 bits per heavy atom. The van der Waals surface area contributed by atoms with Gasteiger partial charge in [-0.25, -0.2) is 4.39 Å². The van der Waals surface area contributed by atoms with Gasteiger partial charge in [0.15, 0.2) is 0 Å². The summed E-state index contributed by atoms with van der Waals surface area (Å²) in [5.74, 6) is -0.452. The van der Waals surface area contributed by atoms with Crippen LogP contribution in [-0.4, -0.2) is 36.1 Å². The Bertz CT molecular complexity index is 960. The van der Waals surface area contributed by atoms with E-state index >= 15 is 0 Å². The van der Waals surface area contributed by atoms with Crippen molar-refractivity contribution in [3.8, 4) is 17.2 Å². The first-order valence-corrected chi connectivity index (χ1v) is 10.7. The highest BCUT2D eigenvalue weighted by Gasteiger charge is 2.44. The largest absolute Gasteiger partial charge is 0.371 e. The monoisotopic (exact) mass is 390 g/mol. The number of nitriles is 1. The smallest absolute Gasteiger partial charge is 0.141 e. The van der Waals surface area contributed by atoms with E-state index in [-0.39, 0.29) is 5.56 Å². The van der Waals surface area contributed by atoms with Gasteiger partial charge in [0.1, 0.15) is 11.9 Å². The van der Waals surface area contributed by atoms with Crippen LogP contribution in [0.3, 0.4) is 0 Å². The van der Waals surface area contributed by atoms with E-state index < -0.39 is 5.82 Å². The number of nitrogens with two attached hydrogens (primary N) is 1. The number of hydrogen-bond donors (Lipinski definition) is 1. The molecule has 3 aliphatic heterocycles. The first kappa shape index (κ1) is 18.6. The molecule has 0 amide bonds. The van der Waals surface area contributed by atoms with Crippen LogP contribution >= 0.6 is 0 Å². The molecule has 2 N–H and O–H groups in total. The van der Waals surface area contributed by atoms with E-state index in [0.717, 1.165) is 37.2 Å². The van der Waals surface area contributed by atoms with Gasteiger partial charge < -0.3 is 10.6 Å². The van der Waals surface area contributed by atoms with Crippen LogP contribution in [0.1, 0.15) is 43.2 Å². The minimum absolute atomic E-state index is 0.0928. The van der Waals surface area contributed by atoms with Crippen molar-refractivity contribution >= 4 is 5.69 Å². The molecule has 0 aliphatic carbocycles. The van der Waals surface area contributed by atoms with E-state index in [1.165, 1.54) is 43.0 Å². The standard InChI is InChI=1S/C24H27FN4/c25-21-12-16(6-7-17(21)14-26)20-5-3-4-18(24(20)28-10-1-2-11-28)15-29-19-8-9-23(29)22(27)13-19/h3-7,12,19,22-23H,1-2,8-11,13,15,27H2/t19-,22+,23+/m1/s1. The summed E-state index contributed by atoms with van der Waals surface area (Å²) in [7, 11) is 0. The van der Waals surface area contributed by atoms with Gasteiger partial charge in [-0.1, -0.05) is 24.3 Å². The van der Waals surface area contributed by atoms with Gasteiger partial charge in [-0.2, -0.15) is 5.26 Å². The molecule has 3 fully saturated rings. The lowest BCUT2D eigenvalue weighted by molar-refractivity contribution is 0.239. The summed E-state index contributed by atoms with van der Waals surface area (Å²) in [4.78, 5) is 5.06. The number of nitrogens with zero attached hydrogens (tertiary/aromatic N) is 3. The van der Waals surface area contributed by atoms with Crippen molar-refractivity contribution < 1.29 is 4.39 Å². The van der Waals surface area contributed by atoms with Crippen LogP contribution in [-0.2, 0) is 6.54 Å². The minimum Gasteiger partial charge on any atom is -0.371 e. The van der Waals surface area contributed by atoms with E-state index in [4.69, 9.17) is 11.0 Å². The number of rotatable bonds is 4. The van der Waals surface area contributed by atoms with Crippen LogP contribution in [0.25, 0.3) is 11.1 Å². The highest BCUT2D eigenvalue weighted by atomic mass is 19.1. The number of para-hydroxylation sites is 1. The number of hydrogen-bond acceptors (Lipinski definition) is 4. The van der Waals surface area contributed by atoms with Crippen molar-refractivity contribution in [2.24, 2.45) is 5.73 Å². The number of fused-ring (bicyclic) bond motifs is 2. The molecule has 0 aromatic heterocycles. The van der Waals surface area contributed by atoms with E-state index in [2.05, 4.69) is 28.0 Å². The normalized spacial score (nSPS) is 26.2. The Morgan fingerprint density at radius 2 is 1.97 bits per heavy atom. The molecule has 150 valence electrons. The topological polar surface area (TPSA) is 56.3 Å². The van der Waals surface area contributed by atoms with E-state index in [9.17, 15) is 4.39 Å². The Hall–Kier alpha value is -2.42. The fourth-order valence-corrected chi connectivity index (χ4v) is 5.63. The second-order valence-electron chi connectivity index (χ2n) is 8.68. The zero-order valence-electron chi connectivity index (χ0n) is 16.6. The van der Waals surface area contributed by atoms with Crippen molar-refractivity contribution in [2.45, 2.75) is 56.8 Å². The Labute approximate surface area is 171 Å². The maximum absolute atomic E-state index is 14.4. The Morgan fingerprint density at radius 1 is 1.14 bits per heavy atom. The number of anilines is 1. The maximum atomic E-state index is 14.4. The van der Waals surface area contributed by atoms with E-state index in [1.54, 1.807) is 6.07 Å². The average Bonchev–Trinajstić information content (AvgIpc) is 3.45. The molecular weight excluding hydrogens is 363 g/mol. The summed E-state index contributed by atoms with van der Waals surface area (Å²) in [6.45, 7) is 2.98.